The summed E-state index contributed by atoms with van der Waals surface area (Å²) in [6.07, 6.45) is 5.38. The van der Waals surface area contributed by atoms with Crippen LogP contribution in [0, 0.1) is 6.92 Å². The van der Waals surface area contributed by atoms with Crippen LogP contribution in [-0.4, -0.2) is 97.1 Å². The summed E-state index contributed by atoms with van der Waals surface area (Å²) in [5.41, 5.74) is 2.26. The van der Waals surface area contributed by atoms with E-state index in [4.69, 9.17) is 4.74 Å². The fourth-order valence-corrected chi connectivity index (χ4v) is 5.53. The minimum atomic E-state index is -3.14. The molecule has 2 aliphatic heterocycles. The summed E-state index contributed by atoms with van der Waals surface area (Å²) in [6, 6.07) is 2.90. The maximum absolute atomic E-state index is 12.1. The topological polar surface area (TPSA) is 70.9 Å². The number of ether oxygens (including phenoxy) is 1. The van der Waals surface area contributed by atoms with E-state index in [1.807, 2.05) is 18.7 Å². The molecular weight excluding hydrogens is 390 g/mol. The smallest absolute Gasteiger partial charge is 0.211 e. The number of aryl methyl sites for hydroxylation is 2. The van der Waals surface area contributed by atoms with Gasteiger partial charge in [-0.2, -0.15) is 5.10 Å². The van der Waals surface area contributed by atoms with Gasteiger partial charge >= 0.3 is 0 Å². The Labute approximate surface area is 175 Å². The van der Waals surface area contributed by atoms with E-state index < -0.39 is 10.0 Å². The van der Waals surface area contributed by atoms with Crippen LogP contribution in [0.15, 0.2) is 6.07 Å². The predicted molar refractivity (Wildman–Crippen MR) is 114 cm³/mol. The van der Waals surface area contributed by atoms with Crippen LogP contribution in [0.1, 0.15) is 37.1 Å². The summed E-state index contributed by atoms with van der Waals surface area (Å²) in [4.78, 5) is 4.91. The van der Waals surface area contributed by atoms with Crippen LogP contribution in [0.4, 0.5) is 0 Å². The Balaban J connectivity index is 1.64. The van der Waals surface area contributed by atoms with Gasteiger partial charge in [-0.3, -0.25) is 14.5 Å². The Morgan fingerprint density at radius 1 is 1.21 bits per heavy atom. The van der Waals surface area contributed by atoms with E-state index in [2.05, 4.69) is 28.0 Å². The summed E-state index contributed by atoms with van der Waals surface area (Å²) in [5, 5.41) is 4.44. The van der Waals surface area contributed by atoms with Crippen LogP contribution >= 0.6 is 0 Å². The third-order valence-corrected chi connectivity index (χ3v) is 7.50. The second kappa shape index (κ2) is 9.87. The van der Waals surface area contributed by atoms with Gasteiger partial charge in [0.2, 0.25) is 10.0 Å². The van der Waals surface area contributed by atoms with Gasteiger partial charge in [0.25, 0.3) is 0 Å². The van der Waals surface area contributed by atoms with Crippen molar-refractivity contribution in [3.63, 3.8) is 0 Å². The van der Waals surface area contributed by atoms with Gasteiger partial charge in [-0.05, 0) is 45.7 Å². The van der Waals surface area contributed by atoms with E-state index in [-0.39, 0.29) is 6.04 Å². The lowest BCUT2D eigenvalue weighted by molar-refractivity contribution is 0.00268. The molecule has 3 heterocycles. The summed E-state index contributed by atoms with van der Waals surface area (Å²) in [7, 11) is 1.00. The number of likely N-dealkylation sites (N-methyl/N-ethyl adjacent to an activating group) is 1. The summed E-state index contributed by atoms with van der Waals surface area (Å²) < 4.78 is 33.4. The first-order valence-electron chi connectivity index (χ1n) is 10.7. The van der Waals surface area contributed by atoms with E-state index in [1.165, 1.54) is 11.9 Å². The van der Waals surface area contributed by atoms with Crippen LogP contribution in [0.3, 0.4) is 0 Å². The molecule has 0 radical (unpaired) electrons. The van der Waals surface area contributed by atoms with E-state index in [0.29, 0.717) is 19.1 Å². The molecule has 1 aromatic heterocycles. The number of hydrogen-bond donors (Lipinski definition) is 0. The molecule has 0 aliphatic carbocycles. The number of aromatic nitrogens is 2. The second-order valence-corrected chi connectivity index (χ2v) is 10.6. The zero-order chi connectivity index (χ0) is 21.0. The minimum absolute atomic E-state index is 0.286. The average molecular weight is 428 g/mol. The summed E-state index contributed by atoms with van der Waals surface area (Å²) >= 11 is 0. The SMILES string of the molecule is Cc1cc(CN(C)CCN(C2CCOCC2)C2CCCN(S(C)(=O)=O)C2)n(C)n1. The maximum atomic E-state index is 12.1. The van der Waals surface area contributed by atoms with E-state index in [9.17, 15) is 8.42 Å². The first-order chi connectivity index (χ1) is 13.7. The molecule has 0 amide bonds. The second-order valence-electron chi connectivity index (χ2n) is 8.64. The number of sulfonamides is 1. The Bertz CT molecular complexity index is 760. The Morgan fingerprint density at radius 3 is 2.55 bits per heavy atom. The molecular formula is C20H37N5O3S. The first-order valence-corrected chi connectivity index (χ1v) is 12.6. The zero-order valence-corrected chi connectivity index (χ0v) is 19.2. The van der Waals surface area contributed by atoms with Crippen molar-refractivity contribution in [1.82, 2.24) is 23.9 Å². The van der Waals surface area contributed by atoms with Gasteiger partial charge in [0, 0.05) is 65.1 Å². The van der Waals surface area contributed by atoms with Gasteiger partial charge in [-0.15, -0.1) is 0 Å². The standard InChI is InChI=1S/C20H37N5O3S/c1-17-14-20(23(3)21-17)15-22(2)10-11-25(18-7-12-28-13-8-18)19-6-5-9-24(16-19)29(4,26)27/h14,18-19H,5-13,15-16H2,1-4H3. The Hall–Kier alpha value is -1.00. The van der Waals surface area contributed by atoms with E-state index >= 15 is 0 Å². The first kappa shape index (κ1) is 22.7. The molecule has 9 heteroatoms. The molecule has 2 aliphatic rings. The third kappa shape index (κ3) is 6.24. The van der Waals surface area contributed by atoms with Crippen LogP contribution < -0.4 is 0 Å². The molecule has 0 saturated carbocycles. The highest BCUT2D eigenvalue weighted by molar-refractivity contribution is 7.88. The lowest BCUT2D eigenvalue weighted by Gasteiger charge is -2.44. The third-order valence-electron chi connectivity index (χ3n) is 6.23. The highest BCUT2D eigenvalue weighted by atomic mass is 32.2. The zero-order valence-electron chi connectivity index (χ0n) is 18.4. The number of piperidine rings is 1. The molecule has 1 aromatic rings. The van der Waals surface area contributed by atoms with Gasteiger partial charge < -0.3 is 4.74 Å². The van der Waals surface area contributed by atoms with Crippen molar-refractivity contribution < 1.29 is 13.2 Å². The number of hydrogen-bond acceptors (Lipinski definition) is 6. The van der Waals surface area contributed by atoms with Crippen molar-refractivity contribution >= 4 is 10.0 Å². The molecule has 2 saturated heterocycles. The molecule has 2 fully saturated rings. The number of nitrogens with zero attached hydrogens (tertiary/aromatic N) is 5. The molecule has 0 N–H and O–H groups in total. The van der Waals surface area contributed by atoms with Crippen molar-refractivity contribution in [1.29, 1.82) is 0 Å². The van der Waals surface area contributed by atoms with E-state index in [1.54, 1.807) is 4.31 Å². The fourth-order valence-electron chi connectivity index (χ4n) is 4.63. The lowest BCUT2D eigenvalue weighted by Crippen LogP contribution is -2.55. The van der Waals surface area contributed by atoms with Crippen LogP contribution in [0.5, 0.6) is 0 Å². The highest BCUT2D eigenvalue weighted by Gasteiger charge is 2.33. The monoisotopic (exact) mass is 427 g/mol. The highest BCUT2D eigenvalue weighted by Crippen LogP contribution is 2.24. The van der Waals surface area contributed by atoms with Crippen molar-refractivity contribution in [3.05, 3.63) is 17.5 Å². The molecule has 166 valence electrons. The van der Waals surface area contributed by atoms with Gasteiger partial charge in [0.15, 0.2) is 0 Å². The molecule has 0 spiro atoms. The average Bonchev–Trinajstić information content (AvgIpc) is 2.99. The van der Waals surface area contributed by atoms with E-state index in [0.717, 1.165) is 64.2 Å². The molecule has 8 nitrogen and oxygen atoms in total. The predicted octanol–water partition coefficient (Wildman–Crippen LogP) is 1.07. The Morgan fingerprint density at radius 2 is 1.93 bits per heavy atom. The van der Waals surface area contributed by atoms with Crippen molar-refractivity contribution in [2.75, 3.05) is 52.7 Å². The van der Waals surface area contributed by atoms with Crippen molar-refractivity contribution in [3.8, 4) is 0 Å². The molecule has 1 atom stereocenters. The lowest BCUT2D eigenvalue weighted by atomic mass is 9.99. The van der Waals surface area contributed by atoms with Crippen LogP contribution in [-0.2, 0) is 28.4 Å². The fraction of sp³-hybridized carbons (Fsp3) is 0.850. The number of rotatable bonds is 8. The normalized spacial score (nSPS) is 22.6. The minimum Gasteiger partial charge on any atom is -0.381 e. The summed E-state index contributed by atoms with van der Waals surface area (Å²) in [6.45, 7) is 7.63. The molecule has 0 aromatic carbocycles. The van der Waals surface area contributed by atoms with Gasteiger partial charge in [-0.1, -0.05) is 0 Å². The molecule has 29 heavy (non-hydrogen) atoms. The van der Waals surface area contributed by atoms with Crippen LogP contribution in [0.25, 0.3) is 0 Å². The quantitative estimate of drug-likeness (QED) is 0.618. The summed E-state index contributed by atoms with van der Waals surface area (Å²) in [5.74, 6) is 0. The van der Waals surface area contributed by atoms with Gasteiger partial charge in [0.1, 0.15) is 0 Å². The van der Waals surface area contributed by atoms with Gasteiger partial charge in [-0.25, -0.2) is 12.7 Å². The van der Waals surface area contributed by atoms with Crippen molar-refractivity contribution in [2.24, 2.45) is 7.05 Å². The maximum Gasteiger partial charge on any atom is 0.211 e. The molecule has 3 rings (SSSR count). The largest absolute Gasteiger partial charge is 0.381 e. The van der Waals surface area contributed by atoms with Crippen LogP contribution in [0.2, 0.25) is 0 Å². The van der Waals surface area contributed by atoms with Crippen molar-refractivity contribution in [2.45, 2.75) is 51.2 Å². The molecule has 0 bridgehead atoms. The molecule has 1 unspecified atom stereocenters. The van der Waals surface area contributed by atoms with Gasteiger partial charge in [0.05, 0.1) is 17.6 Å². The Kier molecular flexibility index (Phi) is 7.72.